The van der Waals surface area contributed by atoms with Crippen molar-refractivity contribution in [1.29, 1.82) is 0 Å². The topological polar surface area (TPSA) is 69.6 Å². The number of nitrogens with one attached hydrogen (secondary N) is 1. The van der Waals surface area contributed by atoms with Gasteiger partial charge in [-0.2, -0.15) is 0 Å². The Hall–Kier alpha value is -2.11. The van der Waals surface area contributed by atoms with Gasteiger partial charge in [0.05, 0.1) is 17.5 Å². The third-order valence-electron chi connectivity index (χ3n) is 4.05. The molecule has 0 saturated carbocycles. The second-order valence-electron chi connectivity index (χ2n) is 5.22. The second kappa shape index (κ2) is 4.77. The first-order valence-electron chi connectivity index (χ1n) is 6.65. The van der Waals surface area contributed by atoms with Gasteiger partial charge in [0.25, 0.3) is 5.91 Å². The van der Waals surface area contributed by atoms with Gasteiger partial charge in [-0.3, -0.25) is 9.59 Å². The van der Waals surface area contributed by atoms with Gasteiger partial charge in [0, 0.05) is 19.2 Å². The molecule has 2 N–H and O–H groups in total. The molecule has 106 valence electrons. The summed E-state index contributed by atoms with van der Waals surface area (Å²) in [5, 5.41) is 12.5. The van der Waals surface area contributed by atoms with Gasteiger partial charge in [0.2, 0.25) is 5.91 Å². The zero-order chi connectivity index (χ0) is 14.3. The highest BCUT2D eigenvalue weighted by molar-refractivity contribution is 5.98. The molecule has 3 rings (SSSR count). The lowest BCUT2D eigenvalue weighted by Gasteiger charge is -2.36. The third kappa shape index (κ3) is 2.01. The molecule has 0 aliphatic carbocycles. The number of amides is 2. The van der Waals surface area contributed by atoms with Crippen LogP contribution in [0.15, 0.2) is 18.2 Å². The van der Waals surface area contributed by atoms with Crippen molar-refractivity contribution in [2.75, 3.05) is 13.1 Å². The average Bonchev–Trinajstić information content (AvgIpc) is 2.80. The molecular formula is C14H15FN2O3. The fourth-order valence-electron chi connectivity index (χ4n) is 3.04. The van der Waals surface area contributed by atoms with Crippen molar-refractivity contribution in [2.45, 2.75) is 18.9 Å². The number of carbonyl (C=O) groups is 2. The standard InChI is InChI=1S/C14H15FN2O3/c15-8-3-4-10(12(18)6-8)14(20)17-5-1-2-9-11(17)7-16-13(9)19/h3-4,6,9,11,18H,1-2,5,7H2,(H,16,19). The van der Waals surface area contributed by atoms with Crippen molar-refractivity contribution in [3.8, 4) is 5.75 Å². The average molecular weight is 278 g/mol. The first-order valence-corrected chi connectivity index (χ1v) is 6.65. The molecule has 0 radical (unpaired) electrons. The van der Waals surface area contributed by atoms with E-state index in [4.69, 9.17) is 0 Å². The van der Waals surface area contributed by atoms with E-state index >= 15 is 0 Å². The second-order valence-corrected chi connectivity index (χ2v) is 5.22. The molecule has 2 saturated heterocycles. The van der Waals surface area contributed by atoms with E-state index < -0.39 is 5.82 Å². The van der Waals surface area contributed by atoms with Crippen molar-refractivity contribution in [3.63, 3.8) is 0 Å². The number of carbonyl (C=O) groups excluding carboxylic acids is 2. The van der Waals surface area contributed by atoms with E-state index in [1.54, 1.807) is 4.90 Å². The molecule has 2 aliphatic heterocycles. The van der Waals surface area contributed by atoms with E-state index in [9.17, 15) is 19.1 Å². The normalized spacial score (nSPS) is 25.2. The summed E-state index contributed by atoms with van der Waals surface area (Å²) < 4.78 is 13.0. The van der Waals surface area contributed by atoms with Crippen molar-refractivity contribution < 1.29 is 19.1 Å². The van der Waals surface area contributed by atoms with Crippen molar-refractivity contribution >= 4 is 11.8 Å². The van der Waals surface area contributed by atoms with Gasteiger partial charge in [-0.1, -0.05) is 0 Å². The molecule has 2 amide bonds. The van der Waals surface area contributed by atoms with Crippen LogP contribution >= 0.6 is 0 Å². The molecule has 2 aliphatic rings. The summed E-state index contributed by atoms with van der Waals surface area (Å²) in [4.78, 5) is 25.8. The Labute approximate surface area is 115 Å². The molecular weight excluding hydrogens is 263 g/mol. The van der Waals surface area contributed by atoms with Gasteiger partial charge in [0.15, 0.2) is 0 Å². The van der Waals surface area contributed by atoms with Crippen LogP contribution in [0, 0.1) is 11.7 Å². The minimum Gasteiger partial charge on any atom is -0.507 e. The smallest absolute Gasteiger partial charge is 0.257 e. The quantitative estimate of drug-likeness (QED) is 0.801. The largest absolute Gasteiger partial charge is 0.507 e. The van der Waals surface area contributed by atoms with Crippen LogP contribution in [0.25, 0.3) is 0 Å². The highest BCUT2D eigenvalue weighted by Crippen LogP contribution is 2.30. The molecule has 2 unspecified atom stereocenters. The van der Waals surface area contributed by atoms with Gasteiger partial charge in [-0.05, 0) is 25.0 Å². The van der Waals surface area contributed by atoms with Crippen molar-refractivity contribution in [2.24, 2.45) is 5.92 Å². The van der Waals surface area contributed by atoms with Gasteiger partial charge < -0.3 is 15.3 Å². The molecule has 5 nitrogen and oxygen atoms in total. The van der Waals surface area contributed by atoms with Gasteiger partial charge >= 0.3 is 0 Å². The summed E-state index contributed by atoms with van der Waals surface area (Å²) in [5.41, 5.74) is 0.0754. The Morgan fingerprint density at radius 1 is 1.45 bits per heavy atom. The van der Waals surface area contributed by atoms with Crippen LogP contribution in [0.1, 0.15) is 23.2 Å². The minimum absolute atomic E-state index is 0.0178. The van der Waals surface area contributed by atoms with E-state index in [-0.39, 0.29) is 35.1 Å². The van der Waals surface area contributed by atoms with Crippen LogP contribution in [0.3, 0.4) is 0 Å². The number of likely N-dealkylation sites (tertiary alicyclic amines) is 1. The Bertz CT molecular complexity index is 576. The number of fused-ring (bicyclic) bond motifs is 1. The fourth-order valence-corrected chi connectivity index (χ4v) is 3.04. The molecule has 6 heteroatoms. The van der Waals surface area contributed by atoms with Crippen LogP contribution in [0.2, 0.25) is 0 Å². The first kappa shape index (κ1) is 12.9. The predicted octanol–water partition coefficient (Wildman–Crippen LogP) is 0.882. The summed E-state index contributed by atoms with van der Waals surface area (Å²) in [7, 11) is 0. The maximum absolute atomic E-state index is 13.0. The summed E-state index contributed by atoms with van der Waals surface area (Å²) in [6, 6.07) is 3.17. The van der Waals surface area contributed by atoms with Crippen LogP contribution in [0.5, 0.6) is 5.75 Å². The van der Waals surface area contributed by atoms with E-state index in [1.807, 2.05) is 0 Å². The number of benzene rings is 1. The molecule has 1 aromatic carbocycles. The van der Waals surface area contributed by atoms with E-state index in [0.29, 0.717) is 13.1 Å². The lowest BCUT2D eigenvalue weighted by atomic mass is 9.91. The Kier molecular flexibility index (Phi) is 3.08. The third-order valence-corrected chi connectivity index (χ3v) is 4.05. The number of nitrogens with zero attached hydrogens (tertiary/aromatic N) is 1. The summed E-state index contributed by atoms with van der Waals surface area (Å²) in [5.74, 6) is -1.50. The Morgan fingerprint density at radius 2 is 2.25 bits per heavy atom. The van der Waals surface area contributed by atoms with Crippen LogP contribution in [0.4, 0.5) is 4.39 Å². The van der Waals surface area contributed by atoms with Gasteiger partial charge in [-0.25, -0.2) is 4.39 Å². The molecule has 2 fully saturated rings. The number of hydrogen-bond donors (Lipinski definition) is 2. The van der Waals surface area contributed by atoms with Crippen molar-refractivity contribution in [3.05, 3.63) is 29.6 Å². The summed E-state index contributed by atoms with van der Waals surface area (Å²) in [6.45, 7) is 0.989. The Balaban J connectivity index is 1.88. The summed E-state index contributed by atoms with van der Waals surface area (Å²) >= 11 is 0. The predicted molar refractivity (Wildman–Crippen MR) is 68.6 cm³/mol. The molecule has 2 atom stereocenters. The number of phenolic OH excluding ortho intramolecular Hbond substituents is 1. The molecule has 2 heterocycles. The zero-order valence-corrected chi connectivity index (χ0v) is 10.8. The lowest BCUT2D eigenvalue weighted by Crippen LogP contribution is -2.48. The summed E-state index contributed by atoms with van der Waals surface area (Å²) in [6.07, 6.45) is 1.53. The molecule has 0 spiro atoms. The minimum atomic E-state index is -0.590. The maximum atomic E-state index is 13.0. The molecule has 0 bridgehead atoms. The Morgan fingerprint density at radius 3 is 3.00 bits per heavy atom. The van der Waals surface area contributed by atoms with Gasteiger partial charge in [-0.15, -0.1) is 0 Å². The molecule has 20 heavy (non-hydrogen) atoms. The SMILES string of the molecule is O=C1NCC2C1CCCN2C(=O)c1ccc(F)cc1O. The number of aromatic hydroxyl groups is 1. The maximum Gasteiger partial charge on any atom is 0.257 e. The lowest BCUT2D eigenvalue weighted by molar-refractivity contribution is -0.123. The number of phenols is 1. The monoisotopic (exact) mass is 278 g/mol. The van der Waals surface area contributed by atoms with Gasteiger partial charge in [0.1, 0.15) is 11.6 Å². The van der Waals surface area contributed by atoms with Crippen LogP contribution < -0.4 is 5.32 Å². The van der Waals surface area contributed by atoms with Crippen LogP contribution in [-0.2, 0) is 4.79 Å². The fraction of sp³-hybridized carbons (Fsp3) is 0.429. The number of piperidine rings is 1. The van der Waals surface area contributed by atoms with E-state index in [1.165, 1.54) is 6.07 Å². The number of hydrogen-bond acceptors (Lipinski definition) is 3. The van der Waals surface area contributed by atoms with Crippen molar-refractivity contribution in [1.82, 2.24) is 10.2 Å². The molecule has 1 aromatic rings. The molecule has 0 aromatic heterocycles. The zero-order valence-electron chi connectivity index (χ0n) is 10.8. The number of halogens is 1. The highest BCUT2D eigenvalue weighted by atomic mass is 19.1. The number of rotatable bonds is 1. The highest BCUT2D eigenvalue weighted by Gasteiger charge is 2.43. The van der Waals surface area contributed by atoms with Crippen LogP contribution in [-0.4, -0.2) is 41.0 Å². The van der Waals surface area contributed by atoms with E-state index in [0.717, 1.165) is 25.0 Å². The van der Waals surface area contributed by atoms with E-state index in [2.05, 4.69) is 5.32 Å². The first-order chi connectivity index (χ1) is 9.58.